The molecule has 3 N–H and O–H groups in total. The third kappa shape index (κ3) is 5.21. The molecule has 2 rings (SSSR count). The topological polar surface area (TPSA) is 72.7 Å². The molecule has 2 aliphatic heterocycles. The number of nitrogens with one attached hydrogen (secondary N) is 3. The van der Waals surface area contributed by atoms with Gasteiger partial charge < -0.3 is 20.8 Å². The zero-order valence-electron chi connectivity index (χ0n) is 13.7. The molecule has 0 spiro atoms. The molecule has 0 amide bonds. The van der Waals surface area contributed by atoms with Gasteiger partial charge in [0.1, 0.15) is 17.5 Å². The number of rotatable bonds is 7. The zero-order chi connectivity index (χ0) is 17.5. The van der Waals surface area contributed by atoms with Gasteiger partial charge in [-0.3, -0.25) is 0 Å². The van der Waals surface area contributed by atoms with Crippen molar-refractivity contribution in [1.29, 1.82) is 5.41 Å². The number of likely N-dealkylation sites (N-methyl/N-ethyl adjacent to an activating group) is 1. The van der Waals surface area contributed by atoms with Crippen LogP contribution in [0.15, 0.2) is 52.1 Å². The zero-order valence-corrected chi connectivity index (χ0v) is 14.5. The summed E-state index contributed by atoms with van der Waals surface area (Å²) in [5, 5.41) is 15.1. The van der Waals surface area contributed by atoms with Crippen molar-refractivity contribution in [3.05, 3.63) is 47.2 Å². The second-order valence-corrected chi connectivity index (χ2v) is 5.75. The number of ether oxygens (including phenoxy) is 1. The molecule has 130 valence electrons. The minimum absolute atomic E-state index is 0.227. The van der Waals surface area contributed by atoms with Gasteiger partial charge in [0.25, 0.3) is 0 Å². The Morgan fingerprint density at radius 2 is 2.38 bits per heavy atom. The maximum absolute atomic E-state index is 12.6. The molecular formula is C16H21ClFN5O. The maximum atomic E-state index is 12.6. The molecule has 8 heteroatoms. The monoisotopic (exact) mass is 353 g/mol. The average molecular weight is 354 g/mol. The Balaban J connectivity index is 1.88. The van der Waals surface area contributed by atoms with Crippen LogP contribution in [0.2, 0.25) is 0 Å². The Morgan fingerprint density at radius 3 is 3.04 bits per heavy atom. The van der Waals surface area contributed by atoms with Gasteiger partial charge in [0.15, 0.2) is 0 Å². The van der Waals surface area contributed by atoms with E-state index in [4.69, 9.17) is 21.7 Å². The summed E-state index contributed by atoms with van der Waals surface area (Å²) in [6.45, 7) is 3.61. The van der Waals surface area contributed by atoms with Crippen LogP contribution >= 0.6 is 11.6 Å². The fourth-order valence-corrected chi connectivity index (χ4v) is 2.36. The number of halogens is 2. The molecule has 0 atom stereocenters. The lowest BCUT2D eigenvalue weighted by atomic mass is 10.1. The first-order valence-corrected chi connectivity index (χ1v) is 7.91. The van der Waals surface area contributed by atoms with Crippen LogP contribution in [0.5, 0.6) is 0 Å². The Bertz CT molecular complexity index is 649. The van der Waals surface area contributed by atoms with Crippen LogP contribution in [-0.2, 0) is 4.74 Å². The molecular weight excluding hydrogens is 333 g/mol. The van der Waals surface area contributed by atoms with Crippen LogP contribution in [0.1, 0.15) is 6.92 Å². The lowest BCUT2D eigenvalue weighted by Crippen LogP contribution is -2.29. The summed E-state index contributed by atoms with van der Waals surface area (Å²) < 4.78 is 18.2. The lowest BCUT2D eigenvalue weighted by molar-refractivity contribution is 0.0317. The highest BCUT2D eigenvalue weighted by molar-refractivity contribution is 6.73. The van der Waals surface area contributed by atoms with E-state index in [2.05, 4.69) is 15.6 Å². The van der Waals surface area contributed by atoms with Crippen LogP contribution in [0, 0.1) is 5.41 Å². The third-order valence-electron chi connectivity index (χ3n) is 3.46. The summed E-state index contributed by atoms with van der Waals surface area (Å²) in [6.07, 6.45) is 6.75. The molecule has 0 aromatic heterocycles. The van der Waals surface area contributed by atoms with Crippen LogP contribution < -0.4 is 10.6 Å². The van der Waals surface area contributed by atoms with Gasteiger partial charge in [0.2, 0.25) is 0 Å². The predicted octanol–water partition coefficient (Wildman–Crippen LogP) is 2.24. The number of hydrogen-bond acceptors (Lipinski definition) is 6. The second kappa shape index (κ2) is 8.65. The minimum Gasteiger partial charge on any atom is -0.494 e. The summed E-state index contributed by atoms with van der Waals surface area (Å²) in [5.41, 5.74) is 2.87. The predicted molar refractivity (Wildman–Crippen MR) is 94.7 cm³/mol. The van der Waals surface area contributed by atoms with Crippen molar-refractivity contribution in [3.8, 4) is 0 Å². The molecule has 2 heterocycles. The van der Waals surface area contributed by atoms with Gasteiger partial charge in [-0.1, -0.05) is 11.6 Å². The van der Waals surface area contributed by atoms with Gasteiger partial charge in [0.05, 0.1) is 30.9 Å². The number of nitrogens with zero attached hydrogens (tertiary/aromatic N) is 2. The first kappa shape index (κ1) is 18.2. The number of aliphatic imine (C=N–C) groups is 1. The molecule has 6 nitrogen and oxygen atoms in total. The van der Waals surface area contributed by atoms with E-state index in [9.17, 15) is 4.48 Å². The van der Waals surface area contributed by atoms with E-state index in [0.717, 1.165) is 17.0 Å². The molecule has 0 aliphatic carbocycles. The van der Waals surface area contributed by atoms with E-state index in [0.29, 0.717) is 41.3 Å². The van der Waals surface area contributed by atoms with E-state index < -0.39 is 0 Å². The Hall–Kier alpha value is -2.12. The molecule has 24 heavy (non-hydrogen) atoms. The molecule has 0 saturated carbocycles. The molecule has 0 bridgehead atoms. The normalized spacial score (nSPS) is 19.4. The van der Waals surface area contributed by atoms with Crippen molar-refractivity contribution in [2.75, 3.05) is 33.3 Å². The van der Waals surface area contributed by atoms with Crippen molar-refractivity contribution in [2.24, 2.45) is 4.99 Å². The van der Waals surface area contributed by atoms with Gasteiger partial charge in [0, 0.05) is 25.1 Å². The highest BCUT2D eigenvalue weighted by atomic mass is 35.5. The van der Waals surface area contributed by atoms with Crippen molar-refractivity contribution >= 4 is 22.5 Å². The molecule has 2 aliphatic rings. The third-order valence-corrected chi connectivity index (χ3v) is 3.76. The Labute approximate surface area is 145 Å². The molecule has 0 aromatic rings. The Kier molecular flexibility index (Phi) is 6.57. The van der Waals surface area contributed by atoms with E-state index >= 15 is 0 Å². The molecule has 0 saturated heterocycles. The SMILES string of the molecule is CC1=C(OCCN(C)F)CNC(CN/C=C2\C(=N)C=CN=C2Cl)=C1. The largest absolute Gasteiger partial charge is 0.494 e. The molecule has 0 aromatic carbocycles. The van der Waals surface area contributed by atoms with Crippen molar-refractivity contribution < 1.29 is 9.22 Å². The van der Waals surface area contributed by atoms with Gasteiger partial charge in [-0.2, -0.15) is 0 Å². The smallest absolute Gasteiger partial charge is 0.139 e. The van der Waals surface area contributed by atoms with Crippen molar-refractivity contribution in [3.63, 3.8) is 0 Å². The maximum Gasteiger partial charge on any atom is 0.139 e. The van der Waals surface area contributed by atoms with E-state index in [-0.39, 0.29) is 6.54 Å². The summed E-state index contributed by atoms with van der Waals surface area (Å²) in [5.74, 6) is 0.813. The number of dihydropyridines is 1. The Morgan fingerprint density at radius 1 is 1.58 bits per heavy atom. The fourth-order valence-electron chi connectivity index (χ4n) is 2.15. The molecule has 0 fully saturated rings. The summed E-state index contributed by atoms with van der Waals surface area (Å²) >= 11 is 5.98. The molecule has 0 radical (unpaired) electrons. The van der Waals surface area contributed by atoms with Gasteiger partial charge >= 0.3 is 0 Å². The van der Waals surface area contributed by atoms with Crippen LogP contribution in [0.3, 0.4) is 0 Å². The van der Waals surface area contributed by atoms with Crippen molar-refractivity contribution in [2.45, 2.75) is 6.92 Å². The standard InChI is InChI=1S/C16H21ClFN5O/c1-11-7-12(22-10-15(11)24-6-5-23(2)18)8-20-9-13-14(19)3-4-21-16(13)17/h3-4,7,9,19-20,22H,5-6,8,10H2,1-2H3/b13-9+,19-14?. The highest BCUT2D eigenvalue weighted by Gasteiger charge is 2.13. The summed E-state index contributed by atoms with van der Waals surface area (Å²) in [6, 6.07) is 0. The van der Waals surface area contributed by atoms with Gasteiger partial charge in [-0.15, -0.1) is 9.60 Å². The van der Waals surface area contributed by atoms with Gasteiger partial charge in [-0.05, 0) is 24.6 Å². The number of allylic oxidation sites excluding steroid dienone is 4. The number of hydrogen-bond donors (Lipinski definition) is 3. The van der Waals surface area contributed by atoms with Crippen molar-refractivity contribution in [1.82, 2.24) is 15.8 Å². The minimum atomic E-state index is 0.227. The lowest BCUT2D eigenvalue weighted by Gasteiger charge is -2.21. The summed E-state index contributed by atoms with van der Waals surface area (Å²) in [4.78, 5) is 3.96. The average Bonchev–Trinajstić information content (AvgIpc) is 2.52. The van der Waals surface area contributed by atoms with E-state index in [1.54, 1.807) is 12.3 Å². The first-order chi connectivity index (χ1) is 11.5. The van der Waals surface area contributed by atoms with Crippen LogP contribution in [0.4, 0.5) is 4.48 Å². The van der Waals surface area contributed by atoms with Gasteiger partial charge in [-0.25, -0.2) is 4.99 Å². The second-order valence-electron chi connectivity index (χ2n) is 5.39. The summed E-state index contributed by atoms with van der Waals surface area (Å²) in [7, 11) is 1.36. The quantitative estimate of drug-likeness (QED) is 0.614. The molecule has 0 unspecified atom stereocenters. The van der Waals surface area contributed by atoms with Crippen LogP contribution in [0.25, 0.3) is 0 Å². The van der Waals surface area contributed by atoms with E-state index in [1.165, 1.54) is 13.2 Å². The highest BCUT2D eigenvalue weighted by Crippen LogP contribution is 2.14. The first-order valence-electron chi connectivity index (χ1n) is 7.54. The van der Waals surface area contributed by atoms with E-state index in [1.807, 2.05) is 13.0 Å². The fraction of sp³-hybridized carbons (Fsp3) is 0.375. The van der Waals surface area contributed by atoms with Crippen LogP contribution in [-0.4, -0.2) is 49.3 Å².